The maximum absolute atomic E-state index is 13.0. The van der Waals surface area contributed by atoms with Crippen LogP contribution in [-0.4, -0.2) is 21.3 Å². The van der Waals surface area contributed by atoms with Crippen LogP contribution in [-0.2, 0) is 11.2 Å². The van der Waals surface area contributed by atoms with Crippen LogP contribution in [0, 0.1) is 17.6 Å². The highest BCUT2D eigenvalue weighted by Gasteiger charge is 2.20. The molecule has 16 heavy (non-hydrogen) atoms. The lowest BCUT2D eigenvalue weighted by Gasteiger charge is -2.10. The predicted molar refractivity (Wildman–Crippen MR) is 50.2 cm³/mol. The van der Waals surface area contributed by atoms with E-state index in [1.807, 2.05) is 0 Å². The first-order valence-electron chi connectivity index (χ1n) is 4.46. The van der Waals surface area contributed by atoms with Crippen molar-refractivity contribution in [2.24, 2.45) is 5.92 Å². The molecule has 88 valence electrons. The summed E-state index contributed by atoms with van der Waals surface area (Å²) < 4.78 is 25.9. The molecule has 0 aliphatic carbocycles. The molecule has 0 spiro atoms. The number of phenols is 2. The van der Waals surface area contributed by atoms with E-state index in [1.165, 1.54) is 6.92 Å². The Morgan fingerprint density at radius 1 is 1.38 bits per heavy atom. The number of phenolic OH excluding ortho intramolecular Hbond substituents is 2. The highest BCUT2D eigenvalue weighted by Crippen LogP contribution is 2.32. The summed E-state index contributed by atoms with van der Waals surface area (Å²) in [4.78, 5) is 10.5. The van der Waals surface area contributed by atoms with E-state index in [1.54, 1.807) is 0 Å². The van der Waals surface area contributed by atoms with Crippen LogP contribution in [0.5, 0.6) is 11.5 Å². The number of aromatic hydroxyl groups is 2. The maximum atomic E-state index is 13.0. The lowest BCUT2D eigenvalue weighted by molar-refractivity contribution is -0.141. The summed E-state index contributed by atoms with van der Waals surface area (Å²) in [5.41, 5.74) is -0.192. The van der Waals surface area contributed by atoms with Crippen LogP contribution in [0.2, 0.25) is 0 Å². The topological polar surface area (TPSA) is 77.8 Å². The first-order valence-corrected chi connectivity index (χ1v) is 4.46. The Morgan fingerprint density at radius 3 is 2.44 bits per heavy atom. The van der Waals surface area contributed by atoms with Crippen molar-refractivity contribution in [3.8, 4) is 11.5 Å². The second-order valence-corrected chi connectivity index (χ2v) is 3.47. The largest absolute Gasteiger partial charge is 0.505 e. The number of carboxylic acids is 1. The van der Waals surface area contributed by atoms with Crippen molar-refractivity contribution < 1.29 is 28.9 Å². The summed E-state index contributed by atoms with van der Waals surface area (Å²) in [6.45, 7) is 1.34. The molecule has 1 rings (SSSR count). The van der Waals surface area contributed by atoms with Crippen molar-refractivity contribution in [1.82, 2.24) is 0 Å². The van der Waals surface area contributed by atoms with Crippen molar-refractivity contribution in [3.05, 3.63) is 23.3 Å². The van der Waals surface area contributed by atoms with Gasteiger partial charge in [0.25, 0.3) is 0 Å². The molecule has 0 aliphatic rings. The second kappa shape index (κ2) is 4.34. The predicted octanol–water partition coefficient (Wildman–Crippen LogP) is 1.64. The fourth-order valence-corrected chi connectivity index (χ4v) is 1.22. The van der Waals surface area contributed by atoms with Crippen LogP contribution in [0.1, 0.15) is 12.5 Å². The zero-order valence-electron chi connectivity index (χ0n) is 8.37. The lowest BCUT2D eigenvalue weighted by atomic mass is 10.00. The zero-order valence-corrected chi connectivity index (χ0v) is 8.37. The number of hydrogen-bond donors (Lipinski definition) is 3. The molecule has 0 heterocycles. The molecule has 0 saturated heterocycles. The van der Waals surface area contributed by atoms with E-state index < -0.39 is 35.0 Å². The smallest absolute Gasteiger partial charge is 0.306 e. The average molecular weight is 232 g/mol. The van der Waals surface area contributed by atoms with Crippen LogP contribution < -0.4 is 0 Å². The summed E-state index contributed by atoms with van der Waals surface area (Å²) in [5.74, 6) is -6.95. The van der Waals surface area contributed by atoms with E-state index in [2.05, 4.69) is 0 Å². The minimum Gasteiger partial charge on any atom is -0.505 e. The minimum absolute atomic E-state index is 0.192. The first kappa shape index (κ1) is 12.2. The Kier molecular flexibility index (Phi) is 3.31. The van der Waals surface area contributed by atoms with Gasteiger partial charge >= 0.3 is 5.97 Å². The molecule has 0 bridgehead atoms. The average Bonchev–Trinajstić information content (AvgIpc) is 2.22. The summed E-state index contributed by atoms with van der Waals surface area (Å²) in [6, 6.07) is 0.715. The second-order valence-electron chi connectivity index (χ2n) is 3.47. The molecule has 1 aromatic carbocycles. The van der Waals surface area contributed by atoms with E-state index >= 15 is 0 Å². The lowest BCUT2D eigenvalue weighted by Crippen LogP contribution is -2.12. The highest BCUT2D eigenvalue weighted by molar-refractivity contribution is 5.70. The van der Waals surface area contributed by atoms with Crippen LogP contribution in [0.15, 0.2) is 6.07 Å². The quantitative estimate of drug-likeness (QED) is 0.740. The molecule has 6 heteroatoms. The number of benzene rings is 1. The molecule has 0 radical (unpaired) electrons. The van der Waals surface area contributed by atoms with Crippen LogP contribution >= 0.6 is 0 Å². The molecular weight excluding hydrogens is 222 g/mol. The van der Waals surface area contributed by atoms with Gasteiger partial charge in [0, 0.05) is 5.56 Å². The molecule has 0 fully saturated rings. The van der Waals surface area contributed by atoms with Gasteiger partial charge in [-0.05, 0) is 12.5 Å². The number of aliphatic carboxylic acids is 1. The van der Waals surface area contributed by atoms with Crippen LogP contribution in [0.25, 0.3) is 0 Å². The Hall–Kier alpha value is -1.85. The summed E-state index contributed by atoms with van der Waals surface area (Å²) in [7, 11) is 0. The van der Waals surface area contributed by atoms with Crippen molar-refractivity contribution in [3.63, 3.8) is 0 Å². The number of carbonyl (C=O) groups is 1. The monoisotopic (exact) mass is 232 g/mol. The van der Waals surface area contributed by atoms with Gasteiger partial charge in [0.1, 0.15) is 0 Å². The molecule has 1 aromatic rings. The third-order valence-corrected chi connectivity index (χ3v) is 2.19. The molecule has 0 saturated carbocycles. The van der Waals surface area contributed by atoms with Crippen molar-refractivity contribution >= 4 is 5.97 Å². The molecule has 0 amide bonds. The van der Waals surface area contributed by atoms with E-state index in [0.717, 1.165) is 0 Å². The van der Waals surface area contributed by atoms with Gasteiger partial charge in [-0.1, -0.05) is 6.92 Å². The van der Waals surface area contributed by atoms with Gasteiger partial charge in [-0.3, -0.25) is 4.79 Å². The van der Waals surface area contributed by atoms with Gasteiger partial charge in [0.15, 0.2) is 17.3 Å². The molecule has 3 N–H and O–H groups in total. The summed E-state index contributed by atoms with van der Waals surface area (Å²) >= 11 is 0. The Bertz CT molecular complexity index is 431. The fraction of sp³-hybridized carbons (Fsp3) is 0.300. The SMILES string of the molecule is CC(Cc1cc(F)c(O)c(F)c1O)C(=O)O. The highest BCUT2D eigenvalue weighted by atomic mass is 19.1. The van der Waals surface area contributed by atoms with Gasteiger partial charge in [-0.2, -0.15) is 4.39 Å². The van der Waals surface area contributed by atoms with Crippen molar-refractivity contribution in [1.29, 1.82) is 0 Å². The van der Waals surface area contributed by atoms with Gasteiger partial charge < -0.3 is 15.3 Å². The van der Waals surface area contributed by atoms with E-state index in [-0.39, 0.29) is 12.0 Å². The van der Waals surface area contributed by atoms with Crippen LogP contribution in [0.4, 0.5) is 8.78 Å². The Morgan fingerprint density at radius 2 is 1.94 bits per heavy atom. The van der Waals surface area contributed by atoms with Crippen LogP contribution in [0.3, 0.4) is 0 Å². The number of rotatable bonds is 3. The van der Waals surface area contributed by atoms with Gasteiger partial charge in [0.2, 0.25) is 5.82 Å². The summed E-state index contributed by atoms with van der Waals surface area (Å²) in [6.07, 6.45) is -0.227. The molecule has 0 aliphatic heterocycles. The fourth-order valence-electron chi connectivity index (χ4n) is 1.22. The van der Waals surface area contributed by atoms with Gasteiger partial charge in [-0.25, -0.2) is 4.39 Å². The van der Waals surface area contributed by atoms with Crippen molar-refractivity contribution in [2.45, 2.75) is 13.3 Å². The number of carboxylic acid groups (broad SMARTS) is 1. The molecular formula is C10H10F2O4. The standard InChI is InChI=1S/C10H10F2O4/c1-4(10(15)16)2-5-3-6(11)9(14)7(12)8(5)13/h3-4,13-14H,2H2,1H3,(H,15,16). The molecule has 1 unspecified atom stereocenters. The third-order valence-electron chi connectivity index (χ3n) is 2.19. The van der Waals surface area contributed by atoms with Gasteiger partial charge in [-0.15, -0.1) is 0 Å². The number of hydrogen-bond acceptors (Lipinski definition) is 3. The normalized spacial score (nSPS) is 12.4. The zero-order chi connectivity index (χ0) is 12.5. The van der Waals surface area contributed by atoms with Gasteiger partial charge in [0.05, 0.1) is 5.92 Å². The van der Waals surface area contributed by atoms with E-state index in [4.69, 9.17) is 10.2 Å². The number of halogens is 2. The minimum atomic E-state index is -1.48. The molecule has 1 atom stereocenters. The Balaban J connectivity index is 3.11. The van der Waals surface area contributed by atoms with E-state index in [9.17, 15) is 18.7 Å². The third kappa shape index (κ3) is 2.21. The van der Waals surface area contributed by atoms with E-state index in [0.29, 0.717) is 6.07 Å². The molecule has 0 aromatic heterocycles. The first-order chi connectivity index (χ1) is 7.34. The maximum Gasteiger partial charge on any atom is 0.306 e. The van der Waals surface area contributed by atoms with Crippen molar-refractivity contribution in [2.75, 3.05) is 0 Å². The summed E-state index contributed by atoms with van der Waals surface area (Å²) in [5, 5.41) is 26.7. The Labute approximate surface area is 89.8 Å². The molecule has 4 nitrogen and oxygen atoms in total.